The molecule has 5 heteroatoms. The number of aromatic nitrogens is 2. The van der Waals surface area contributed by atoms with Gasteiger partial charge in [0.05, 0.1) is 11.6 Å². The lowest BCUT2D eigenvalue weighted by Gasteiger charge is -2.33. The molecular weight excluding hydrogens is 240 g/mol. The maximum atomic E-state index is 5.30. The zero-order valence-electron chi connectivity index (χ0n) is 11.5. The predicted octanol–water partition coefficient (Wildman–Crippen LogP) is 2.51. The molecule has 1 aliphatic carbocycles. The van der Waals surface area contributed by atoms with Gasteiger partial charge in [-0.15, -0.1) is 0 Å². The number of furan rings is 1. The standard InChI is InChI=1S/C14H20N4O/c1-18(2)11-5-3-10(4-6-11)17-13-12-7-8-19-14(12)16-9-15-13/h7-11H,3-6H2,1-2H3,(H,15,16,17)/t10-,11-. The summed E-state index contributed by atoms with van der Waals surface area (Å²) < 4.78 is 5.30. The van der Waals surface area contributed by atoms with Crippen LogP contribution in [0.4, 0.5) is 5.82 Å². The molecule has 0 bridgehead atoms. The van der Waals surface area contributed by atoms with Crippen molar-refractivity contribution in [1.29, 1.82) is 0 Å². The first kappa shape index (κ1) is 12.4. The van der Waals surface area contributed by atoms with Crippen molar-refractivity contribution >= 4 is 16.9 Å². The van der Waals surface area contributed by atoms with Crippen molar-refractivity contribution in [3.63, 3.8) is 0 Å². The summed E-state index contributed by atoms with van der Waals surface area (Å²) in [7, 11) is 4.33. The molecule has 0 amide bonds. The minimum absolute atomic E-state index is 0.504. The molecular formula is C14H20N4O. The number of hydrogen-bond donors (Lipinski definition) is 1. The largest absolute Gasteiger partial charge is 0.446 e. The third-order valence-electron chi connectivity index (χ3n) is 4.03. The van der Waals surface area contributed by atoms with Crippen LogP contribution in [-0.2, 0) is 0 Å². The van der Waals surface area contributed by atoms with Crippen LogP contribution in [0.2, 0.25) is 0 Å². The molecule has 0 spiro atoms. The van der Waals surface area contributed by atoms with Crippen LogP contribution in [0.5, 0.6) is 0 Å². The summed E-state index contributed by atoms with van der Waals surface area (Å²) in [5, 5.41) is 4.51. The summed E-state index contributed by atoms with van der Waals surface area (Å²) in [5.41, 5.74) is 0.652. The smallest absolute Gasteiger partial charge is 0.231 e. The van der Waals surface area contributed by atoms with Crippen molar-refractivity contribution in [3.8, 4) is 0 Å². The Kier molecular flexibility index (Phi) is 3.38. The van der Waals surface area contributed by atoms with Gasteiger partial charge in [-0.1, -0.05) is 0 Å². The van der Waals surface area contributed by atoms with E-state index in [9.17, 15) is 0 Å². The van der Waals surface area contributed by atoms with Crippen LogP contribution in [0.3, 0.4) is 0 Å². The highest BCUT2D eigenvalue weighted by Gasteiger charge is 2.23. The quantitative estimate of drug-likeness (QED) is 0.919. The third kappa shape index (κ3) is 2.56. The number of rotatable bonds is 3. The first-order valence-corrected chi connectivity index (χ1v) is 6.85. The topological polar surface area (TPSA) is 54.2 Å². The van der Waals surface area contributed by atoms with Gasteiger partial charge in [-0.05, 0) is 45.8 Å². The molecule has 1 saturated carbocycles. The Morgan fingerprint density at radius 2 is 2.00 bits per heavy atom. The third-order valence-corrected chi connectivity index (χ3v) is 4.03. The van der Waals surface area contributed by atoms with Gasteiger partial charge in [-0.2, -0.15) is 0 Å². The summed E-state index contributed by atoms with van der Waals surface area (Å²) in [5.74, 6) is 0.895. The minimum atomic E-state index is 0.504. The normalized spacial score (nSPS) is 23.9. The highest BCUT2D eigenvalue weighted by atomic mass is 16.3. The van der Waals surface area contributed by atoms with Crippen molar-refractivity contribution in [1.82, 2.24) is 14.9 Å². The second-order valence-corrected chi connectivity index (χ2v) is 5.48. The highest BCUT2D eigenvalue weighted by molar-refractivity contribution is 5.85. The van der Waals surface area contributed by atoms with E-state index >= 15 is 0 Å². The van der Waals surface area contributed by atoms with E-state index in [1.807, 2.05) is 6.07 Å². The van der Waals surface area contributed by atoms with Gasteiger partial charge in [0.15, 0.2) is 0 Å². The van der Waals surface area contributed by atoms with Gasteiger partial charge in [0.1, 0.15) is 12.1 Å². The summed E-state index contributed by atoms with van der Waals surface area (Å²) in [6.07, 6.45) is 8.07. The second-order valence-electron chi connectivity index (χ2n) is 5.48. The number of hydrogen-bond acceptors (Lipinski definition) is 5. The van der Waals surface area contributed by atoms with Gasteiger partial charge in [0.25, 0.3) is 0 Å². The van der Waals surface area contributed by atoms with Crippen molar-refractivity contribution < 1.29 is 4.42 Å². The molecule has 19 heavy (non-hydrogen) atoms. The van der Waals surface area contributed by atoms with Gasteiger partial charge >= 0.3 is 0 Å². The van der Waals surface area contributed by atoms with E-state index < -0.39 is 0 Å². The van der Waals surface area contributed by atoms with E-state index in [1.165, 1.54) is 25.7 Å². The lowest BCUT2D eigenvalue weighted by molar-refractivity contribution is 0.221. The molecule has 2 aromatic heterocycles. The first-order valence-electron chi connectivity index (χ1n) is 6.85. The van der Waals surface area contributed by atoms with Crippen molar-refractivity contribution in [2.75, 3.05) is 19.4 Å². The molecule has 1 N–H and O–H groups in total. The van der Waals surface area contributed by atoms with E-state index in [2.05, 4.69) is 34.3 Å². The average Bonchev–Trinajstić information content (AvgIpc) is 2.89. The Morgan fingerprint density at radius 3 is 2.74 bits per heavy atom. The summed E-state index contributed by atoms with van der Waals surface area (Å²) in [6.45, 7) is 0. The zero-order chi connectivity index (χ0) is 13.2. The molecule has 3 rings (SSSR count). The average molecular weight is 260 g/mol. The molecule has 5 nitrogen and oxygen atoms in total. The first-order chi connectivity index (χ1) is 9.24. The number of nitrogens with one attached hydrogen (secondary N) is 1. The van der Waals surface area contributed by atoms with Crippen molar-refractivity contribution in [2.24, 2.45) is 0 Å². The molecule has 0 unspecified atom stereocenters. The highest BCUT2D eigenvalue weighted by Crippen LogP contribution is 2.26. The van der Waals surface area contributed by atoms with E-state index in [0.717, 1.165) is 17.2 Å². The maximum absolute atomic E-state index is 5.30. The Hall–Kier alpha value is -1.62. The molecule has 2 heterocycles. The monoisotopic (exact) mass is 260 g/mol. The summed E-state index contributed by atoms with van der Waals surface area (Å²) in [4.78, 5) is 10.8. The van der Waals surface area contributed by atoms with Crippen molar-refractivity contribution in [2.45, 2.75) is 37.8 Å². The van der Waals surface area contributed by atoms with Crippen LogP contribution >= 0.6 is 0 Å². The predicted molar refractivity (Wildman–Crippen MR) is 75.2 cm³/mol. The van der Waals surface area contributed by atoms with E-state index in [0.29, 0.717) is 11.8 Å². The number of fused-ring (bicyclic) bond motifs is 1. The van der Waals surface area contributed by atoms with Crippen molar-refractivity contribution in [3.05, 3.63) is 18.7 Å². The zero-order valence-corrected chi connectivity index (χ0v) is 11.5. The fourth-order valence-electron chi connectivity index (χ4n) is 2.83. The van der Waals surface area contributed by atoms with Crippen LogP contribution in [-0.4, -0.2) is 41.0 Å². The van der Waals surface area contributed by atoms with Gasteiger partial charge < -0.3 is 14.6 Å². The van der Waals surface area contributed by atoms with E-state index in [1.54, 1.807) is 12.6 Å². The fraction of sp³-hybridized carbons (Fsp3) is 0.571. The van der Waals surface area contributed by atoms with Crippen LogP contribution in [0.25, 0.3) is 11.1 Å². The molecule has 1 aliphatic rings. The number of anilines is 1. The molecule has 1 fully saturated rings. The summed E-state index contributed by atoms with van der Waals surface area (Å²) in [6, 6.07) is 3.14. The molecule has 0 atom stereocenters. The fourth-order valence-corrected chi connectivity index (χ4v) is 2.83. The van der Waals surface area contributed by atoms with E-state index in [4.69, 9.17) is 4.42 Å². The Balaban J connectivity index is 1.68. The molecule has 0 saturated heterocycles. The Bertz CT molecular complexity index is 543. The molecule has 0 radical (unpaired) electrons. The van der Waals surface area contributed by atoms with Crippen LogP contribution in [0, 0.1) is 0 Å². The maximum Gasteiger partial charge on any atom is 0.231 e. The Morgan fingerprint density at radius 1 is 1.21 bits per heavy atom. The summed E-state index contributed by atoms with van der Waals surface area (Å²) >= 11 is 0. The molecule has 0 aromatic carbocycles. The van der Waals surface area contributed by atoms with Gasteiger partial charge in [-0.3, -0.25) is 0 Å². The van der Waals surface area contributed by atoms with Gasteiger partial charge in [-0.25, -0.2) is 9.97 Å². The lowest BCUT2D eigenvalue weighted by atomic mass is 9.90. The number of nitrogens with zero attached hydrogens (tertiary/aromatic N) is 3. The van der Waals surface area contributed by atoms with E-state index in [-0.39, 0.29) is 0 Å². The second kappa shape index (κ2) is 5.17. The molecule has 102 valence electrons. The molecule has 0 aliphatic heterocycles. The van der Waals surface area contributed by atoms with Crippen LogP contribution < -0.4 is 5.32 Å². The molecule has 2 aromatic rings. The van der Waals surface area contributed by atoms with Crippen LogP contribution in [0.1, 0.15) is 25.7 Å². The minimum Gasteiger partial charge on any atom is -0.446 e. The lowest BCUT2D eigenvalue weighted by Crippen LogP contribution is -2.36. The van der Waals surface area contributed by atoms with Gasteiger partial charge in [0.2, 0.25) is 5.71 Å². The SMILES string of the molecule is CN(C)[C@H]1CC[C@H](Nc2ncnc3occc23)CC1. The Labute approximate surface area is 113 Å². The van der Waals surface area contributed by atoms with Gasteiger partial charge in [0, 0.05) is 12.1 Å². The van der Waals surface area contributed by atoms with Crippen LogP contribution in [0.15, 0.2) is 23.1 Å².